The summed E-state index contributed by atoms with van der Waals surface area (Å²) < 4.78 is 7.84. The molecule has 1 fully saturated rings. The maximum Gasteiger partial charge on any atom is 0.274 e. The quantitative estimate of drug-likeness (QED) is 0.458. The van der Waals surface area contributed by atoms with Gasteiger partial charge < -0.3 is 18.9 Å². The van der Waals surface area contributed by atoms with Gasteiger partial charge in [-0.05, 0) is 42.8 Å². The Kier molecular flexibility index (Phi) is 5.90. The molecule has 0 spiro atoms. The molecule has 9 heteroatoms. The Hall–Kier alpha value is -4.27. The molecule has 0 atom stereocenters. The highest BCUT2D eigenvalue weighted by molar-refractivity contribution is 5.95. The molecule has 0 bridgehead atoms. The van der Waals surface area contributed by atoms with E-state index in [2.05, 4.69) is 15.0 Å². The van der Waals surface area contributed by atoms with Gasteiger partial charge >= 0.3 is 0 Å². The van der Waals surface area contributed by atoms with Gasteiger partial charge in [0.05, 0.1) is 11.9 Å². The highest BCUT2D eigenvalue weighted by Gasteiger charge is 2.26. The number of amides is 2. The molecule has 1 aliphatic rings. The molecule has 2 amide bonds. The first-order valence-electron chi connectivity index (χ1n) is 11.1. The molecule has 1 aliphatic heterocycles. The van der Waals surface area contributed by atoms with Crippen LogP contribution in [-0.4, -0.2) is 67.1 Å². The second-order valence-corrected chi connectivity index (χ2v) is 8.19. The lowest BCUT2D eigenvalue weighted by atomic mass is 10.1. The number of hydrogen-bond acceptors (Lipinski definition) is 6. The molecule has 1 saturated heterocycles. The van der Waals surface area contributed by atoms with Crippen molar-refractivity contribution in [2.24, 2.45) is 0 Å². The van der Waals surface area contributed by atoms with Gasteiger partial charge in [0.15, 0.2) is 0 Å². The molecule has 34 heavy (non-hydrogen) atoms. The number of carbonyl (C=O) groups is 2. The van der Waals surface area contributed by atoms with Crippen molar-refractivity contribution in [1.29, 1.82) is 0 Å². The zero-order chi connectivity index (χ0) is 23.5. The van der Waals surface area contributed by atoms with Gasteiger partial charge in [0, 0.05) is 56.5 Å². The van der Waals surface area contributed by atoms with Gasteiger partial charge in [0.1, 0.15) is 23.7 Å². The first-order valence-corrected chi connectivity index (χ1v) is 11.1. The van der Waals surface area contributed by atoms with E-state index in [0.717, 1.165) is 16.9 Å². The van der Waals surface area contributed by atoms with Crippen molar-refractivity contribution in [3.8, 4) is 5.75 Å². The molecule has 4 aromatic rings. The lowest BCUT2D eigenvalue weighted by Crippen LogP contribution is -2.50. The number of imidazole rings is 1. The van der Waals surface area contributed by atoms with E-state index in [4.69, 9.17) is 4.74 Å². The van der Waals surface area contributed by atoms with Gasteiger partial charge in [-0.15, -0.1) is 0 Å². The average Bonchev–Trinajstić information content (AvgIpc) is 3.29. The second kappa shape index (κ2) is 9.30. The molecule has 0 unspecified atom stereocenters. The number of benzene rings is 1. The fraction of sp³-hybridized carbons (Fsp3) is 0.240. The van der Waals surface area contributed by atoms with Crippen molar-refractivity contribution in [2.45, 2.75) is 13.5 Å². The minimum atomic E-state index is -0.164. The molecular formula is C25H24N6O3. The van der Waals surface area contributed by atoms with Crippen molar-refractivity contribution in [3.05, 3.63) is 89.9 Å². The van der Waals surface area contributed by atoms with Crippen LogP contribution in [0.1, 0.15) is 32.1 Å². The third-order valence-electron chi connectivity index (χ3n) is 5.77. The summed E-state index contributed by atoms with van der Waals surface area (Å²) in [7, 11) is 0. The predicted octanol–water partition coefficient (Wildman–Crippen LogP) is 2.61. The van der Waals surface area contributed by atoms with Gasteiger partial charge in [-0.2, -0.15) is 0 Å². The van der Waals surface area contributed by atoms with Crippen molar-refractivity contribution < 1.29 is 14.3 Å². The highest BCUT2D eigenvalue weighted by atomic mass is 16.5. The molecule has 0 N–H and O–H groups in total. The van der Waals surface area contributed by atoms with Gasteiger partial charge in [-0.25, -0.2) is 9.97 Å². The van der Waals surface area contributed by atoms with Crippen LogP contribution in [0.15, 0.2) is 67.4 Å². The highest BCUT2D eigenvalue weighted by Crippen LogP contribution is 2.17. The van der Waals surface area contributed by atoms with Crippen LogP contribution in [0.2, 0.25) is 0 Å². The third-order valence-corrected chi connectivity index (χ3v) is 5.77. The summed E-state index contributed by atoms with van der Waals surface area (Å²) in [6, 6.07) is 11.1. The van der Waals surface area contributed by atoms with Crippen molar-refractivity contribution >= 4 is 17.5 Å². The monoisotopic (exact) mass is 456 g/mol. The number of aromatic nitrogens is 4. The van der Waals surface area contributed by atoms with E-state index >= 15 is 0 Å². The molecule has 172 valence electrons. The number of carbonyl (C=O) groups excluding carboxylic acids is 2. The molecule has 3 aromatic heterocycles. The van der Waals surface area contributed by atoms with Gasteiger partial charge in [-0.1, -0.05) is 6.07 Å². The predicted molar refractivity (Wildman–Crippen MR) is 125 cm³/mol. The molecule has 4 heterocycles. The van der Waals surface area contributed by atoms with E-state index in [9.17, 15) is 9.59 Å². The number of ether oxygens (including phenoxy) is 1. The molecule has 9 nitrogen and oxygen atoms in total. The van der Waals surface area contributed by atoms with Crippen molar-refractivity contribution in [2.75, 3.05) is 26.2 Å². The average molecular weight is 457 g/mol. The molecule has 0 aliphatic carbocycles. The van der Waals surface area contributed by atoms with Crippen LogP contribution in [0.25, 0.3) is 5.65 Å². The normalized spacial score (nSPS) is 13.8. The smallest absolute Gasteiger partial charge is 0.274 e. The number of piperazine rings is 1. The maximum absolute atomic E-state index is 12.9. The molecule has 0 radical (unpaired) electrons. The third kappa shape index (κ3) is 4.59. The van der Waals surface area contributed by atoms with Crippen LogP contribution in [0, 0.1) is 6.92 Å². The fourth-order valence-electron chi connectivity index (χ4n) is 3.94. The Bertz CT molecular complexity index is 1310. The number of nitrogens with zero attached hydrogens (tertiary/aromatic N) is 6. The Morgan fingerprint density at radius 1 is 0.912 bits per heavy atom. The zero-order valence-electron chi connectivity index (χ0n) is 18.8. The van der Waals surface area contributed by atoms with Crippen LogP contribution in [-0.2, 0) is 6.61 Å². The van der Waals surface area contributed by atoms with Crippen LogP contribution in [0.4, 0.5) is 0 Å². The molecule has 5 rings (SSSR count). The summed E-state index contributed by atoms with van der Waals surface area (Å²) in [5.74, 6) is 0.445. The Morgan fingerprint density at radius 2 is 1.65 bits per heavy atom. The van der Waals surface area contributed by atoms with E-state index in [0.29, 0.717) is 49.8 Å². The summed E-state index contributed by atoms with van der Waals surface area (Å²) in [6.45, 7) is 4.24. The first kappa shape index (κ1) is 21.6. The molecule has 0 saturated carbocycles. The first-order chi connectivity index (χ1) is 16.6. The van der Waals surface area contributed by atoms with Gasteiger partial charge in [0.2, 0.25) is 0 Å². The minimum absolute atomic E-state index is 0.0612. The summed E-state index contributed by atoms with van der Waals surface area (Å²) >= 11 is 0. The topological polar surface area (TPSA) is 92.9 Å². The maximum atomic E-state index is 12.9. The van der Waals surface area contributed by atoms with Crippen LogP contribution >= 0.6 is 0 Å². The van der Waals surface area contributed by atoms with E-state index in [1.54, 1.807) is 34.1 Å². The lowest BCUT2D eigenvalue weighted by Gasteiger charge is -2.34. The standard InChI is InChI=1S/C25H24N6O3/c1-18-2-7-23-28-20(16-31(23)15-18)17-34-21-5-3-19(4-6-21)24(32)29-10-12-30(13-11-29)25(33)22-14-26-8-9-27-22/h2-9,14-16H,10-13,17H2,1H3. The van der Waals surface area contributed by atoms with Crippen molar-refractivity contribution in [3.63, 3.8) is 0 Å². The van der Waals surface area contributed by atoms with E-state index < -0.39 is 0 Å². The van der Waals surface area contributed by atoms with E-state index in [1.807, 2.05) is 35.9 Å². The Morgan fingerprint density at radius 3 is 2.35 bits per heavy atom. The second-order valence-electron chi connectivity index (χ2n) is 8.19. The van der Waals surface area contributed by atoms with Crippen LogP contribution in [0.5, 0.6) is 5.75 Å². The number of aryl methyl sites for hydroxylation is 1. The minimum Gasteiger partial charge on any atom is -0.487 e. The lowest BCUT2D eigenvalue weighted by molar-refractivity contribution is 0.0532. The Labute approximate surface area is 196 Å². The molecule has 1 aromatic carbocycles. The number of hydrogen-bond donors (Lipinski definition) is 0. The number of rotatable bonds is 5. The van der Waals surface area contributed by atoms with Crippen LogP contribution in [0.3, 0.4) is 0 Å². The molecular weight excluding hydrogens is 432 g/mol. The summed E-state index contributed by atoms with van der Waals surface area (Å²) in [4.78, 5) is 41.4. The van der Waals surface area contributed by atoms with E-state index in [1.165, 1.54) is 18.6 Å². The fourth-order valence-corrected chi connectivity index (χ4v) is 3.94. The Balaban J connectivity index is 1.15. The van der Waals surface area contributed by atoms with Gasteiger partial charge in [0.25, 0.3) is 11.8 Å². The SMILES string of the molecule is Cc1ccc2nc(COc3ccc(C(=O)N4CCN(C(=O)c5cnccn5)CC4)cc3)cn2c1. The largest absolute Gasteiger partial charge is 0.487 e. The van der Waals surface area contributed by atoms with Crippen molar-refractivity contribution in [1.82, 2.24) is 29.2 Å². The summed E-state index contributed by atoms with van der Waals surface area (Å²) in [5.41, 5.74) is 3.78. The van der Waals surface area contributed by atoms with E-state index in [-0.39, 0.29) is 11.8 Å². The van der Waals surface area contributed by atoms with Crippen LogP contribution < -0.4 is 4.74 Å². The summed E-state index contributed by atoms with van der Waals surface area (Å²) in [6.07, 6.45) is 8.47. The summed E-state index contributed by atoms with van der Waals surface area (Å²) in [5, 5.41) is 0. The number of pyridine rings is 1. The zero-order valence-corrected chi connectivity index (χ0v) is 18.8. The number of fused-ring (bicyclic) bond motifs is 1. The van der Waals surface area contributed by atoms with Gasteiger partial charge in [-0.3, -0.25) is 14.6 Å².